The zero-order valence-corrected chi connectivity index (χ0v) is 12.5. The van der Waals surface area contributed by atoms with Crippen LogP contribution in [0.2, 0.25) is 0 Å². The largest absolute Gasteiger partial charge is 0.392 e. The molecule has 1 aromatic rings. The first kappa shape index (κ1) is 16.2. The number of nitro groups is 2. The first-order valence-corrected chi connectivity index (χ1v) is 7.23. The highest BCUT2D eigenvalue weighted by molar-refractivity contribution is 5.78. The highest BCUT2D eigenvalue weighted by Crippen LogP contribution is 2.44. The van der Waals surface area contributed by atoms with E-state index in [-0.39, 0.29) is 34.2 Å². The number of nitro benzene ring substituents is 2. The highest BCUT2D eigenvalue weighted by atomic mass is 16.6. The molecule has 1 aliphatic rings. The second-order valence-corrected chi connectivity index (χ2v) is 5.61. The number of nitrogens with one attached hydrogen (secondary N) is 1. The van der Waals surface area contributed by atoms with Crippen molar-refractivity contribution in [3.8, 4) is 0 Å². The minimum atomic E-state index is -0.648. The Hall–Kier alpha value is -2.22. The van der Waals surface area contributed by atoms with Crippen LogP contribution in [-0.4, -0.2) is 21.0 Å². The second-order valence-electron chi connectivity index (χ2n) is 5.61. The van der Waals surface area contributed by atoms with Gasteiger partial charge in [0.2, 0.25) is 0 Å². The van der Waals surface area contributed by atoms with E-state index >= 15 is 0 Å². The van der Waals surface area contributed by atoms with E-state index in [4.69, 9.17) is 0 Å². The smallest absolute Gasteiger partial charge is 0.302 e. The first-order chi connectivity index (χ1) is 10.4. The van der Waals surface area contributed by atoms with Crippen LogP contribution in [0.5, 0.6) is 0 Å². The van der Waals surface area contributed by atoms with Crippen LogP contribution in [0.25, 0.3) is 0 Å². The molecule has 2 unspecified atom stereocenters. The van der Waals surface area contributed by atoms with Crippen LogP contribution in [0.4, 0.5) is 17.1 Å². The fourth-order valence-electron chi connectivity index (χ4n) is 2.78. The summed E-state index contributed by atoms with van der Waals surface area (Å²) in [6, 6.07) is 1.25. The van der Waals surface area contributed by atoms with Crippen molar-refractivity contribution < 1.29 is 15.0 Å². The Morgan fingerprint density at radius 1 is 1.36 bits per heavy atom. The van der Waals surface area contributed by atoms with Crippen LogP contribution in [-0.2, 0) is 6.61 Å². The van der Waals surface area contributed by atoms with Crippen molar-refractivity contribution in [2.45, 2.75) is 45.8 Å². The van der Waals surface area contributed by atoms with Gasteiger partial charge in [-0.2, -0.15) is 0 Å². The van der Waals surface area contributed by atoms with Gasteiger partial charge in [0, 0.05) is 17.7 Å². The maximum Gasteiger partial charge on any atom is 0.302 e. The fraction of sp³-hybridized carbons (Fsp3) is 0.571. The molecule has 0 radical (unpaired) electrons. The molecule has 0 saturated heterocycles. The number of nitrogens with zero attached hydrogens (tertiary/aromatic N) is 2. The Labute approximate surface area is 127 Å². The third-order valence-electron chi connectivity index (χ3n) is 4.10. The summed E-state index contributed by atoms with van der Waals surface area (Å²) in [6.07, 6.45) is 2.87. The predicted octanol–water partition coefficient (Wildman–Crippen LogP) is 2.90. The summed E-state index contributed by atoms with van der Waals surface area (Å²) < 4.78 is 0. The Balaban J connectivity index is 2.47. The van der Waals surface area contributed by atoms with Crippen LogP contribution in [0.15, 0.2) is 6.07 Å². The van der Waals surface area contributed by atoms with E-state index in [2.05, 4.69) is 12.2 Å². The molecule has 22 heavy (non-hydrogen) atoms. The maximum absolute atomic E-state index is 11.4. The van der Waals surface area contributed by atoms with Crippen molar-refractivity contribution in [2.24, 2.45) is 5.92 Å². The SMILES string of the molecule is CCCC1CC1Nc1c([N+](=O)[O-])cc(CO)c(C)c1[N+](=O)[O-]. The van der Waals surface area contributed by atoms with E-state index in [1.165, 1.54) is 13.0 Å². The van der Waals surface area contributed by atoms with Crippen molar-refractivity contribution in [1.82, 2.24) is 0 Å². The summed E-state index contributed by atoms with van der Waals surface area (Å²) in [5.74, 6) is 0.405. The molecule has 1 saturated carbocycles. The summed E-state index contributed by atoms with van der Waals surface area (Å²) in [4.78, 5) is 21.3. The van der Waals surface area contributed by atoms with Crippen molar-refractivity contribution in [3.63, 3.8) is 0 Å². The Morgan fingerprint density at radius 3 is 2.55 bits per heavy atom. The molecule has 0 bridgehead atoms. The molecular weight excluding hydrogens is 290 g/mol. The number of anilines is 1. The van der Waals surface area contributed by atoms with Gasteiger partial charge >= 0.3 is 5.69 Å². The highest BCUT2D eigenvalue weighted by Gasteiger charge is 2.40. The van der Waals surface area contributed by atoms with Crippen molar-refractivity contribution in [2.75, 3.05) is 5.32 Å². The molecule has 2 atom stereocenters. The molecule has 8 nitrogen and oxygen atoms in total. The van der Waals surface area contributed by atoms with Gasteiger partial charge in [-0.1, -0.05) is 13.3 Å². The van der Waals surface area contributed by atoms with E-state index < -0.39 is 16.5 Å². The monoisotopic (exact) mass is 309 g/mol. The number of hydrogen-bond donors (Lipinski definition) is 2. The molecule has 0 heterocycles. The molecule has 1 aromatic carbocycles. The van der Waals surface area contributed by atoms with Crippen LogP contribution < -0.4 is 5.32 Å². The van der Waals surface area contributed by atoms with Crippen molar-refractivity contribution in [1.29, 1.82) is 0 Å². The van der Waals surface area contributed by atoms with Gasteiger partial charge in [0.15, 0.2) is 5.69 Å². The van der Waals surface area contributed by atoms with Gasteiger partial charge in [-0.25, -0.2) is 0 Å². The molecule has 0 spiro atoms. The maximum atomic E-state index is 11.4. The quantitative estimate of drug-likeness (QED) is 0.590. The number of aliphatic hydroxyl groups is 1. The average molecular weight is 309 g/mol. The van der Waals surface area contributed by atoms with Crippen LogP contribution in [0.1, 0.15) is 37.3 Å². The lowest BCUT2D eigenvalue weighted by Crippen LogP contribution is -2.11. The Bertz CT molecular complexity index is 617. The molecule has 2 N–H and O–H groups in total. The number of hydrogen-bond acceptors (Lipinski definition) is 6. The summed E-state index contributed by atoms with van der Waals surface area (Å²) in [6.45, 7) is 3.07. The van der Waals surface area contributed by atoms with E-state index in [1.807, 2.05) is 0 Å². The van der Waals surface area contributed by atoms with Crippen molar-refractivity contribution >= 4 is 17.1 Å². The average Bonchev–Trinajstić information content (AvgIpc) is 3.16. The molecule has 1 fully saturated rings. The summed E-state index contributed by atoms with van der Waals surface area (Å²) in [5.41, 5.74) is -0.268. The van der Waals surface area contributed by atoms with E-state index in [1.54, 1.807) is 0 Å². The summed E-state index contributed by atoms with van der Waals surface area (Å²) in [5, 5.41) is 34.8. The van der Waals surface area contributed by atoms with Crippen LogP contribution in [0.3, 0.4) is 0 Å². The number of rotatable bonds is 7. The fourth-order valence-corrected chi connectivity index (χ4v) is 2.78. The van der Waals surface area contributed by atoms with E-state index in [0.29, 0.717) is 5.92 Å². The molecule has 0 aliphatic heterocycles. The molecule has 2 rings (SSSR count). The molecule has 0 aromatic heterocycles. The van der Waals surface area contributed by atoms with Gasteiger partial charge in [0.1, 0.15) is 0 Å². The Kier molecular flexibility index (Phi) is 4.60. The minimum Gasteiger partial charge on any atom is -0.392 e. The van der Waals surface area contributed by atoms with Crippen LogP contribution >= 0.6 is 0 Å². The molecule has 0 amide bonds. The van der Waals surface area contributed by atoms with Crippen molar-refractivity contribution in [3.05, 3.63) is 37.4 Å². The molecular formula is C14H19N3O5. The lowest BCUT2D eigenvalue weighted by Gasteiger charge is -2.12. The second kappa shape index (κ2) is 6.27. The van der Waals surface area contributed by atoms with Gasteiger partial charge in [0.05, 0.1) is 16.5 Å². The standard InChI is InChI=1S/C14H19N3O5/c1-3-4-9-5-11(9)15-13-12(16(19)20)6-10(7-18)8(2)14(13)17(21)22/h6,9,11,15,18H,3-5,7H2,1-2H3. The zero-order chi connectivity index (χ0) is 16.4. The molecule has 120 valence electrons. The van der Waals surface area contributed by atoms with Gasteiger partial charge in [-0.15, -0.1) is 0 Å². The van der Waals surface area contributed by atoms with Gasteiger partial charge in [-0.3, -0.25) is 20.2 Å². The minimum absolute atomic E-state index is 0.0386. The zero-order valence-electron chi connectivity index (χ0n) is 12.5. The topological polar surface area (TPSA) is 119 Å². The lowest BCUT2D eigenvalue weighted by molar-refractivity contribution is -0.392. The third-order valence-corrected chi connectivity index (χ3v) is 4.10. The molecule has 8 heteroatoms. The van der Waals surface area contributed by atoms with Crippen LogP contribution in [0, 0.1) is 33.1 Å². The number of benzene rings is 1. The Morgan fingerprint density at radius 2 is 2.05 bits per heavy atom. The first-order valence-electron chi connectivity index (χ1n) is 7.23. The molecule has 1 aliphatic carbocycles. The number of aliphatic hydroxyl groups excluding tert-OH is 1. The van der Waals surface area contributed by atoms with E-state index in [0.717, 1.165) is 19.3 Å². The van der Waals surface area contributed by atoms with Gasteiger partial charge in [-0.05, 0) is 31.2 Å². The summed E-state index contributed by atoms with van der Waals surface area (Å²) in [7, 11) is 0. The van der Waals surface area contributed by atoms with Gasteiger partial charge in [0.25, 0.3) is 5.69 Å². The van der Waals surface area contributed by atoms with Gasteiger partial charge < -0.3 is 10.4 Å². The third kappa shape index (κ3) is 3.01. The van der Waals surface area contributed by atoms with E-state index in [9.17, 15) is 25.3 Å². The normalized spacial score (nSPS) is 19.8. The predicted molar refractivity (Wildman–Crippen MR) is 80.8 cm³/mol. The summed E-state index contributed by atoms with van der Waals surface area (Å²) >= 11 is 0. The lowest BCUT2D eigenvalue weighted by atomic mass is 10.0.